The van der Waals surface area contributed by atoms with Crippen LogP contribution in [0.3, 0.4) is 0 Å². The van der Waals surface area contributed by atoms with Gasteiger partial charge in [0, 0.05) is 44.5 Å². The van der Waals surface area contributed by atoms with E-state index in [1.165, 1.54) is 11.1 Å². The summed E-state index contributed by atoms with van der Waals surface area (Å²) < 4.78 is 0. The number of benzene rings is 2. The van der Waals surface area contributed by atoms with E-state index in [9.17, 15) is 5.26 Å². The Labute approximate surface area is 168 Å². The Kier molecular flexibility index (Phi) is 10.1. The Bertz CT molecular complexity index is 664. The van der Waals surface area contributed by atoms with Crippen LogP contribution in [0.2, 0.25) is 0 Å². The SMILES string of the molecule is Cl.Cl.N#CC[C@H](c1ccc(NCc2ccccc2)cc1)N1CCNCC1. The molecule has 2 aromatic rings. The van der Waals surface area contributed by atoms with Crippen LogP contribution in [0.15, 0.2) is 54.6 Å². The summed E-state index contributed by atoms with van der Waals surface area (Å²) in [6.45, 7) is 4.82. The molecule has 0 amide bonds. The molecule has 0 saturated carbocycles. The first-order chi connectivity index (χ1) is 11.9. The van der Waals surface area contributed by atoms with Crippen molar-refractivity contribution in [1.29, 1.82) is 5.26 Å². The topological polar surface area (TPSA) is 51.1 Å². The van der Waals surface area contributed by atoms with Crippen LogP contribution in [0.25, 0.3) is 0 Å². The summed E-state index contributed by atoms with van der Waals surface area (Å²) in [4.78, 5) is 2.41. The third kappa shape index (κ3) is 6.19. The number of nitriles is 1. The van der Waals surface area contributed by atoms with Crippen molar-refractivity contribution in [2.75, 3.05) is 31.5 Å². The van der Waals surface area contributed by atoms with Gasteiger partial charge in [0.25, 0.3) is 0 Å². The zero-order chi connectivity index (χ0) is 16.6. The molecule has 1 heterocycles. The van der Waals surface area contributed by atoms with Crippen molar-refractivity contribution < 1.29 is 0 Å². The fraction of sp³-hybridized carbons (Fsp3) is 0.350. The molecule has 0 unspecified atom stereocenters. The number of hydrogen-bond donors (Lipinski definition) is 2. The summed E-state index contributed by atoms with van der Waals surface area (Å²) in [6, 6.07) is 21.5. The fourth-order valence-corrected chi connectivity index (χ4v) is 3.16. The largest absolute Gasteiger partial charge is 0.381 e. The van der Waals surface area contributed by atoms with E-state index in [2.05, 4.69) is 70.1 Å². The van der Waals surface area contributed by atoms with Gasteiger partial charge in [0.05, 0.1) is 12.5 Å². The van der Waals surface area contributed by atoms with Gasteiger partial charge in [0.1, 0.15) is 0 Å². The molecule has 140 valence electrons. The predicted molar refractivity (Wildman–Crippen MR) is 112 cm³/mol. The van der Waals surface area contributed by atoms with Gasteiger partial charge < -0.3 is 10.6 Å². The van der Waals surface area contributed by atoms with Gasteiger partial charge >= 0.3 is 0 Å². The molecule has 1 atom stereocenters. The lowest BCUT2D eigenvalue weighted by atomic mass is 10.0. The van der Waals surface area contributed by atoms with E-state index < -0.39 is 0 Å². The van der Waals surface area contributed by atoms with Crippen molar-refractivity contribution >= 4 is 30.5 Å². The first-order valence-electron chi connectivity index (χ1n) is 8.56. The second-order valence-electron chi connectivity index (χ2n) is 6.13. The van der Waals surface area contributed by atoms with Gasteiger partial charge in [-0.2, -0.15) is 5.26 Å². The molecule has 1 aliphatic heterocycles. The van der Waals surface area contributed by atoms with Crippen LogP contribution < -0.4 is 10.6 Å². The van der Waals surface area contributed by atoms with E-state index >= 15 is 0 Å². The Balaban J connectivity index is 0.00000169. The van der Waals surface area contributed by atoms with E-state index in [0.29, 0.717) is 6.42 Å². The lowest BCUT2D eigenvalue weighted by molar-refractivity contribution is 0.175. The molecule has 0 bridgehead atoms. The maximum atomic E-state index is 9.19. The van der Waals surface area contributed by atoms with Crippen molar-refractivity contribution in [1.82, 2.24) is 10.2 Å². The Morgan fingerprint density at radius 3 is 2.27 bits per heavy atom. The summed E-state index contributed by atoms with van der Waals surface area (Å²) in [5.74, 6) is 0. The second kappa shape index (κ2) is 11.8. The minimum Gasteiger partial charge on any atom is -0.381 e. The minimum atomic E-state index is 0. The van der Waals surface area contributed by atoms with Crippen molar-refractivity contribution in [3.8, 4) is 6.07 Å². The molecule has 1 saturated heterocycles. The second-order valence-corrected chi connectivity index (χ2v) is 6.13. The van der Waals surface area contributed by atoms with Crippen molar-refractivity contribution in [2.24, 2.45) is 0 Å². The number of piperazine rings is 1. The quantitative estimate of drug-likeness (QED) is 0.779. The monoisotopic (exact) mass is 392 g/mol. The van der Waals surface area contributed by atoms with Gasteiger partial charge in [-0.25, -0.2) is 0 Å². The van der Waals surface area contributed by atoms with Crippen molar-refractivity contribution in [2.45, 2.75) is 19.0 Å². The Hall–Kier alpha value is -1.77. The first-order valence-corrected chi connectivity index (χ1v) is 8.56. The first kappa shape index (κ1) is 22.3. The smallest absolute Gasteiger partial charge is 0.0641 e. The average Bonchev–Trinajstić information content (AvgIpc) is 2.66. The third-order valence-corrected chi connectivity index (χ3v) is 4.51. The van der Waals surface area contributed by atoms with Gasteiger partial charge in [-0.1, -0.05) is 42.5 Å². The van der Waals surface area contributed by atoms with E-state index in [1.54, 1.807) is 0 Å². The van der Waals surface area contributed by atoms with Crippen LogP contribution >= 0.6 is 24.8 Å². The van der Waals surface area contributed by atoms with Crippen LogP contribution in [0.5, 0.6) is 0 Å². The molecular weight excluding hydrogens is 367 g/mol. The summed E-state index contributed by atoms with van der Waals surface area (Å²) in [7, 11) is 0. The predicted octanol–water partition coefficient (Wildman–Crippen LogP) is 4.00. The van der Waals surface area contributed by atoms with Crippen LogP contribution in [-0.4, -0.2) is 31.1 Å². The molecule has 1 aliphatic rings. The molecule has 1 fully saturated rings. The average molecular weight is 393 g/mol. The molecule has 2 N–H and O–H groups in total. The number of halogens is 2. The standard InChI is InChI=1S/C20H24N4.2ClH/c21-11-10-20(24-14-12-22-13-15-24)18-6-8-19(9-7-18)23-16-17-4-2-1-3-5-17;;/h1-9,20,22-23H,10,12-16H2;2*1H/t20-;;/m1../s1. The number of nitrogens with one attached hydrogen (secondary N) is 2. The van der Waals surface area contributed by atoms with Crippen LogP contribution in [0, 0.1) is 11.3 Å². The van der Waals surface area contributed by atoms with Crippen LogP contribution in [0.1, 0.15) is 23.6 Å². The van der Waals surface area contributed by atoms with Crippen molar-refractivity contribution in [3.63, 3.8) is 0 Å². The molecular formula is C20H26Cl2N4. The van der Waals surface area contributed by atoms with Gasteiger partial charge in [-0.3, -0.25) is 4.90 Å². The zero-order valence-electron chi connectivity index (χ0n) is 14.7. The van der Waals surface area contributed by atoms with Crippen molar-refractivity contribution in [3.05, 3.63) is 65.7 Å². The van der Waals surface area contributed by atoms with Crippen LogP contribution in [-0.2, 0) is 6.54 Å². The summed E-state index contributed by atoms with van der Waals surface area (Å²) in [5, 5.41) is 16.0. The molecule has 6 heteroatoms. The summed E-state index contributed by atoms with van der Waals surface area (Å²) >= 11 is 0. The number of anilines is 1. The maximum absolute atomic E-state index is 9.19. The molecule has 3 rings (SSSR count). The molecule has 0 aliphatic carbocycles. The normalized spacial score (nSPS) is 15.0. The minimum absolute atomic E-state index is 0. The Morgan fingerprint density at radius 1 is 1.00 bits per heavy atom. The van der Waals surface area contributed by atoms with E-state index in [4.69, 9.17) is 0 Å². The fourth-order valence-electron chi connectivity index (χ4n) is 3.16. The maximum Gasteiger partial charge on any atom is 0.0641 e. The van der Waals surface area contributed by atoms with Gasteiger partial charge in [0.2, 0.25) is 0 Å². The zero-order valence-corrected chi connectivity index (χ0v) is 16.4. The highest BCUT2D eigenvalue weighted by molar-refractivity contribution is 5.85. The van der Waals surface area contributed by atoms with Gasteiger partial charge in [-0.15, -0.1) is 24.8 Å². The highest BCUT2D eigenvalue weighted by atomic mass is 35.5. The van der Waals surface area contributed by atoms with E-state index in [0.717, 1.165) is 38.4 Å². The molecule has 0 aromatic heterocycles. The molecule has 0 radical (unpaired) electrons. The highest BCUT2D eigenvalue weighted by Gasteiger charge is 2.21. The van der Waals surface area contributed by atoms with E-state index in [-0.39, 0.29) is 30.9 Å². The van der Waals surface area contributed by atoms with Gasteiger partial charge in [0.15, 0.2) is 0 Å². The van der Waals surface area contributed by atoms with Crippen LogP contribution in [0.4, 0.5) is 5.69 Å². The number of hydrogen-bond acceptors (Lipinski definition) is 4. The molecule has 2 aromatic carbocycles. The summed E-state index contributed by atoms with van der Waals surface area (Å²) in [5.41, 5.74) is 3.60. The van der Waals surface area contributed by atoms with E-state index in [1.807, 2.05) is 6.07 Å². The molecule has 0 spiro atoms. The number of rotatable bonds is 6. The summed E-state index contributed by atoms with van der Waals surface area (Å²) in [6.07, 6.45) is 0.538. The number of nitrogens with zero attached hydrogens (tertiary/aromatic N) is 2. The Morgan fingerprint density at radius 2 is 1.65 bits per heavy atom. The molecule has 4 nitrogen and oxygen atoms in total. The lowest BCUT2D eigenvalue weighted by Gasteiger charge is -2.34. The highest BCUT2D eigenvalue weighted by Crippen LogP contribution is 2.25. The van der Waals surface area contributed by atoms with Gasteiger partial charge in [-0.05, 0) is 23.3 Å². The third-order valence-electron chi connectivity index (χ3n) is 4.51. The lowest BCUT2D eigenvalue weighted by Crippen LogP contribution is -2.45. The molecule has 26 heavy (non-hydrogen) atoms.